The molecule has 1 aromatic carbocycles. The van der Waals surface area contributed by atoms with Gasteiger partial charge in [-0.15, -0.1) is 0 Å². The van der Waals surface area contributed by atoms with Crippen LogP contribution in [0.1, 0.15) is 31.9 Å². The van der Waals surface area contributed by atoms with Gasteiger partial charge in [0.15, 0.2) is 0 Å². The van der Waals surface area contributed by atoms with Crippen LogP contribution in [0.25, 0.3) is 0 Å². The van der Waals surface area contributed by atoms with Gasteiger partial charge >= 0.3 is 0 Å². The lowest BCUT2D eigenvalue weighted by atomic mass is 10.1. The number of likely N-dealkylation sites (N-methyl/N-ethyl adjacent to an activating group) is 1. The summed E-state index contributed by atoms with van der Waals surface area (Å²) in [5.74, 6) is -0.0154. The third kappa shape index (κ3) is 4.04. The molecule has 4 heteroatoms. The van der Waals surface area contributed by atoms with Crippen LogP contribution >= 0.6 is 0 Å². The van der Waals surface area contributed by atoms with Gasteiger partial charge < -0.3 is 15.4 Å². The molecule has 0 aromatic heterocycles. The van der Waals surface area contributed by atoms with Crippen LogP contribution in [-0.2, 0) is 9.53 Å². The zero-order chi connectivity index (χ0) is 13.5. The fraction of sp³-hybridized carbons (Fsp3) is 0.500. The molecule has 2 N–H and O–H groups in total. The zero-order valence-electron chi connectivity index (χ0n) is 11.3. The van der Waals surface area contributed by atoms with Gasteiger partial charge in [-0.1, -0.05) is 19.1 Å². The normalized spacial score (nSPS) is 12.2. The van der Waals surface area contributed by atoms with Crippen molar-refractivity contribution in [3.05, 3.63) is 29.8 Å². The van der Waals surface area contributed by atoms with E-state index in [1.807, 2.05) is 38.1 Å². The van der Waals surface area contributed by atoms with Crippen molar-refractivity contribution in [1.29, 1.82) is 0 Å². The number of carbonyl (C=O) groups is 1. The van der Waals surface area contributed by atoms with Crippen molar-refractivity contribution in [3.8, 4) is 0 Å². The summed E-state index contributed by atoms with van der Waals surface area (Å²) in [6, 6.07) is 7.58. The predicted molar refractivity (Wildman–Crippen MR) is 73.1 cm³/mol. The largest absolute Gasteiger partial charge is 0.399 e. The molecule has 1 atom stereocenters. The first kappa shape index (κ1) is 14.5. The lowest BCUT2D eigenvalue weighted by Crippen LogP contribution is -2.32. The van der Waals surface area contributed by atoms with Crippen molar-refractivity contribution in [2.24, 2.45) is 0 Å². The number of amides is 1. The number of nitrogens with zero attached hydrogens (tertiary/aromatic N) is 1. The van der Waals surface area contributed by atoms with E-state index in [1.54, 1.807) is 11.9 Å². The Morgan fingerprint density at radius 3 is 2.83 bits per heavy atom. The van der Waals surface area contributed by atoms with Crippen LogP contribution in [0.15, 0.2) is 24.3 Å². The summed E-state index contributed by atoms with van der Waals surface area (Å²) in [7, 11) is 1.78. The predicted octanol–water partition coefficient (Wildman–Crippen LogP) is 2.21. The van der Waals surface area contributed by atoms with Crippen molar-refractivity contribution in [1.82, 2.24) is 4.90 Å². The van der Waals surface area contributed by atoms with E-state index in [4.69, 9.17) is 10.5 Å². The molecule has 18 heavy (non-hydrogen) atoms. The second kappa shape index (κ2) is 7.01. The highest BCUT2D eigenvalue weighted by Crippen LogP contribution is 2.20. The minimum absolute atomic E-state index is 0.00812. The van der Waals surface area contributed by atoms with Crippen molar-refractivity contribution in [3.63, 3.8) is 0 Å². The second-order valence-electron chi connectivity index (χ2n) is 4.40. The summed E-state index contributed by atoms with van der Waals surface area (Å²) in [6.07, 6.45) is 0.918. The number of anilines is 1. The Balaban J connectivity index is 2.60. The molecular formula is C14H22N2O2. The third-order valence-electron chi connectivity index (χ3n) is 2.94. The third-order valence-corrected chi connectivity index (χ3v) is 2.94. The van der Waals surface area contributed by atoms with Crippen molar-refractivity contribution >= 4 is 11.6 Å². The van der Waals surface area contributed by atoms with Gasteiger partial charge in [0.05, 0.1) is 6.04 Å². The van der Waals surface area contributed by atoms with Gasteiger partial charge in [-0.05, 0) is 31.0 Å². The topological polar surface area (TPSA) is 55.6 Å². The first-order valence-electron chi connectivity index (χ1n) is 6.25. The fourth-order valence-electron chi connectivity index (χ4n) is 1.66. The van der Waals surface area contributed by atoms with E-state index in [0.717, 1.165) is 12.0 Å². The van der Waals surface area contributed by atoms with Crippen LogP contribution < -0.4 is 5.73 Å². The Bertz CT molecular complexity index is 393. The smallest absolute Gasteiger partial charge is 0.248 e. The van der Waals surface area contributed by atoms with Crippen molar-refractivity contribution in [2.75, 3.05) is 26.0 Å². The molecule has 0 spiro atoms. The first-order valence-corrected chi connectivity index (χ1v) is 6.25. The molecule has 1 unspecified atom stereocenters. The Morgan fingerprint density at radius 2 is 2.22 bits per heavy atom. The number of hydrogen-bond donors (Lipinski definition) is 1. The maximum Gasteiger partial charge on any atom is 0.248 e. The monoisotopic (exact) mass is 250 g/mol. The van der Waals surface area contributed by atoms with Gasteiger partial charge in [-0.3, -0.25) is 4.79 Å². The lowest BCUT2D eigenvalue weighted by molar-refractivity contribution is -0.136. The molecule has 1 aromatic rings. The minimum Gasteiger partial charge on any atom is -0.399 e. The van der Waals surface area contributed by atoms with Crippen LogP contribution in [0.2, 0.25) is 0 Å². The number of nitrogen functional groups attached to an aromatic ring is 1. The molecular weight excluding hydrogens is 228 g/mol. The number of rotatable bonds is 6. The lowest BCUT2D eigenvalue weighted by Gasteiger charge is -2.25. The quantitative estimate of drug-likeness (QED) is 0.622. The van der Waals surface area contributed by atoms with Crippen LogP contribution in [0.3, 0.4) is 0 Å². The van der Waals surface area contributed by atoms with Gasteiger partial charge in [0.25, 0.3) is 0 Å². The fourth-order valence-corrected chi connectivity index (χ4v) is 1.66. The van der Waals surface area contributed by atoms with Crippen LogP contribution in [0, 0.1) is 0 Å². The minimum atomic E-state index is -0.0154. The van der Waals surface area contributed by atoms with Gasteiger partial charge in [0.1, 0.15) is 6.61 Å². The SMILES string of the molecule is CCCOCC(=O)N(C)C(C)c1cccc(N)c1. The molecule has 0 heterocycles. The van der Waals surface area contributed by atoms with E-state index >= 15 is 0 Å². The Labute approximate surface area is 109 Å². The number of nitrogens with two attached hydrogens (primary N) is 1. The summed E-state index contributed by atoms with van der Waals surface area (Å²) in [5, 5.41) is 0. The van der Waals surface area contributed by atoms with E-state index in [1.165, 1.54) is 0 Å². The summed E-state index contributed by atoms with van der Waals surface area (Å²) in [6.45, 7) is 4.75. The molecule has 1 amide bonds. The Morgan fingerprint density at radius 1 is 1.50 bits per heavy atom. The van der Waals surface area contributed by atoms with Gasteiger partial charge in [-0.2, -0.15) is 0 Å². The first-order chi connectivity index (χ1) is 8.56. The summed E-state index contributed by atoms with van der Waals surface area (Å²) >= 11 is 0. The molecule has 0 saturated heterocycles. The maximum atomic E-state index is 11.9. The highest BCUT2D eigenvalue weighted by Gasteiger charge is 2.17. The zero-order valence-corrected chi connectivity index (χ0v) is 11.3. The number of hydrogen-bond acceptors (Lipinski definition) is 3. The van der Waals surface area contributed by atoms with Crippen LogP contribution in [-0.4, -0.2) is 31.1 Å². The van der Waals surface area contributed by atoms with Gasteiger partial charge in [0.2, 0.25) is 5.91 Å². The highest BCUT2D eigenvalue weighted by molar-refractivity contribution is 5.77. The molecule has 0 bridgehead atoms. The molecule has 0 aliphatic carbocycles. The standard InChI is InChI=1S/C14H22N2O2/c1-4-8-18-10-14(17)16(3)11(2)12-6-5-7-13(15)9-12/h5-7,9,11H,4,8,10,15H2,1-3H3. The molecule has 0 radical (unpaired) electrons. The molecule has 0 aliphatic rings. The molecule has 0 aliphatic heterocycles. The van der Waals surface area contributed by atoms with Gasteiger partial charge in [-0.25, -0.2) is 0 Å². The average molecular weight is 250 g/mol. The Hall–Kier alpha value is -1.55. The second-order valence-corrected chi connectivity index (χ2v) is 4.40. The van der Waals surface area contributed by atoms with E-state index < -0.39 is 0 Å². The van der Waals surface area contributed by atoms with E-state index in [2.05, 4.69) is 0 Å². The summed E-state index contributed by atoms with van der Waals surface area (Å²) in [4.78, 5) is 13.6. The van der Waals surface area contributed by atoms with E-state index in [-0.39, 0.29) is 18.6 Å². The number of ether oxygens (including phenoxy) is 1. The van der Waals surface area contributed by atoms with E-state index in [0.29, 0.717) is 12.3 Å². The molecule has 100 valence electrons. The van der Waals surface area contributed by atoms with E-state index in [9.17, 15) is 4.79 Å². The van der Waals surface area contributed by atoms with Crippen LogP contribution in [0.4, 0.5) is 5.69 Å². The molecule has 0 fully saturated rings. The number of benzene rings is 1. The average Bonchev–Trinajstić information content (AvgIpc) is 2.37. The van der Waals surface area contributed by atoms with Crippen LogP contribution in [0.5, 0.6) is 0 Å². The number of carbonyl (C=O) groups excluding carboxylic acids is 1. The highest BCUT2D eigenvalue weighted by atomic mass is 16.5. The molecule has 4 nitrogen and oxygen atoms in total. The summed E-state index contributed by atoms with van der Waals surface area (Å²) in [5.41, 5.74) is 7.48. The summed E-state index contributed by atoms with van der Waals surface area (Å²) < 4.78 is 5.26. The molecule has 0 saturated carbocycles. The van der Waals surface area contributed by atoms with Crippen molar-refractivity contribution < 1.29 is 9.53 Å². The van der Waals surface area contributed by atoms with Crippen molar-refractivity contribution in [2.45, 2.75) is 26.3 Å². The van der Waals surface area contributed by atoms with Gasteiger partial charge in [0, 0.05) is 19.3 Å². The Kier molecular flexibility index (Phi) is 5.65. The maximum absolute atomic E-state index is 11.9. The molecule has 1 rings (SSSR count).